The van der Waals surface area contributed by atoms with E-state index in [1.54, 1.807) is 17.9 Å². The number of nitrogens with zero attached hydrogens (tertiary/aromatic N) is 4. The number of aromatic nitrogens is 4. The molecule has 2 rings (SSSR count). The van der Waals surface area contributed by atoms with Crippen LogP contribution in [0.5, 0.6) is 0 Å². The lowest BCUT2D eigenvalue weighted by Gasteiger charge is -2.03. The van der Waals surface area contributed by atoms with Crippen LogP contribution in [0, 0.1) is 13.8 Å². The zero-order chi connectivity index (χ0) is 13.4. The van der Waals surface area contributed by atoms with Crippen molar-refractivity contribution >= 4 is 23.2 Å². The minimum Gasteiger partial charge on any atom is -0.317 e. The fourth-order valence-corrected chi connectivity index (χ4v) is 2.01. The van der Waals surface area contributed by atoms with Crippen molar-refractivity contribution in [2.75, 3.05) is 5.32 Å². The summed E-state index contributed by atoms with van der Waals surface area (Å²) in [6, 6.07) is 0. The molecule has 0 spiro atoms. The van der Waals surface area contributed by atoms with Gasteiger partial charge in [-0.1, -0.05) is 11.6 Å². The van der Waals surface area contributed by atoms with Gasteiger partial charge in [0.1, 0.15) is 0 Å². The van der Waals surface area contributed by atoms with E-state index in [-0.39, 0.29) is 11.6 Å². The summed E-state index contributed by atoms with van der Waals surface area (Å²) in [7, 11) is 3.54. The first-order chi connectivity index (χ1) is 8.40. The number of rotatable bonds is 2. The second kappa shape index (κ2) is 4.45. The molecule has 6 nitrogen and oxygen atoms in total. The van der Waals surface area contributed by atoms with Gasteiger partial charge in [0.25, 0.3) is 5.91 Å². The molecule has 0 atom stereocenters. The van der Waals surface area contributed by atoms with Crippen molar-refractivity contribution in [1.29, 1.82) is 0 Å². The van der Waals surface area contributed by atoms with Crippen molar-refractivity contribution in [1.82, 2.24) is 19.6 Å². The summed E-state index contributed by atoms with van der Waals surface area (Å²) in [6.45, 7) is 3.72. The van der Waals surface area contributed by atoms with Crippen molar-refractivity contribution in [2.45, 2.75) is 13.8 Å². The number of carbonyl (C=O) groups excluding carboxylic acids is 1. The van der Waals surface area contributed by atoms with E-state index < -0.39 is 0 Å². The Bertz CT molecular complexity index is 613. The zero-order valence-corrected chi connectivity index (χ0v) is 11.4. The van der Waals surface area contributed by atoms with Gasteiger partial charge in [0.15, 0.2) is 5.69 Å². The normalized spacial score (nSPS) is 10.7. The summed E-state index contributed by atoms with van der Waals surface area (Å²) >= 11 is 5.93. The summed E-state index contributed by atoms with van der Waals surface area (Å²) in [5.74, 6) is -0.334. The third-order valence-electron chi connectivity index (χ3n) is 2.75. The first-order valence-electron chi connectivity index (χ1n) is 5.41. The van der Waals surface area contributed by atoms with Crippen LogP contribution >= 0.6 is 11.6 Å². The van der Waals surface area contributed by atoms with E-state index in [0.29, 0.717) is 10.7 Å². The van der Waals surface area contributed by atoms with Crippen LogP contribution in [-0.4, -0.2) is 25.5 Å². The first kappa shape index (κ1) is 12.6. The fourth-order valence-electron chi connectivity index (χ4n) is 1.74. The molecule has 0 aliphatic heterocycles. The van der Waals surface area contributed by atoms with E-state index in [4.69, 9.17) is 11.6 Å². The Kier molecular flexibility index (Phi) is 3.13. The first-order valence-corrected chi connectivity index (χ1v) is 5.78. The molecule has 2 aromatic heterocycles. The van der Waals surface area contributed by atoms with E-state index in [0.717, 1.165) is 11.4 Å². The predicted octanol–water partition coefficient (Wildman–Crippen LogP) is 1.68. The molecule has 1 amide bonds. The van der Waals surface area contributed by atoms with Crippen LogP contribution < -0.4 is 5.32 Å². The van der Waals surface area contributed by atoms with E-state index in [2.05, 4.69) is 15.5 Å². The minimum absolute atomic E-state index is 0.210. The Hall–Kier alpha value is -1.82. The maximum Gasteiger partial charge on any atom is 0.277 e. The van der Waals surface area contributed by atoms with Gasteiger partial charge in [-0.25, -0.2) is 0 Å². The second-order valence-electron chi connectivity index (χ2n) is 4.12. The van der Waals surface area contributed by atoms with Gasteiger partial charge < -0.3 is 5.32 Å². The summed E-state index contributed by atoms with van der Waals surface area (Å²) in [6.07, 6.45) is 1.58. The monoisotopic (exact) mass is 267 g/mol. The number of aryl methyl sites for hydroxylation is 3. The minimum atomic E-state index is -0.334. The van der Waals surface area contributed by atoms with Gasteiger partial charge in [-0.15, -0.1) is 0 Å². The Labute approximate surface area is 110 Å². The third kappa shape index (κ3) is 2.11. The molecule has 0 aliphatic rings. The molecular weight excluding hydrogens is 254 g/mol. The topological polar surface area (TPSA) is 64.7 Å². The maximum atomic E-state index is 12.1. The average molecular weight is 268 g/mol. The van der Waals surface area contributed by atoms with Crippen LogP contribution in [-0.2, 0) is 14.1 Å². The molecule has 2 aromatic rings. The largest absolute Gasteiger partial charge is 0.317 e. The van der Waals surface area contributed by atoms with Crippen molar-refractivity contribution in [3.05, 3.63) is 28.3 Å². The van der Waals surface area contributed by atoms with Crippen LogP contribution in [0.3, 0.4) is 0 Å². The summed E-state index contributed by atoms with van der Waals surface area (Å²) in [5, 5.41) is 11.4. The number of carbonyl (C=O) groups is 1. The van der Waals surface area contributed by atoms with Gasteiger partial charge in [0, 0.05) is 20.3 Å². The van der Waals surface area contributed by atoms with Crippen molar-refractivity contribution in [3.8, 4) is 0 Å². The van der Waals surface area contributed by atoms with E-state index >= 15 is 0 Å². The Morgan fingerprint density at radius 2 is 2.00 bits per heavy atom. The van der Waals surface area contributed by atoms with Gasteiger partial charge in [-0.2, -0.15) is 10.2 Å². The van der Waals surface area contributed by atoms with Crippen molar-refractivity contribution in [3.63, 3.8) is 0 Å². The molecule has 0 aliphatic carbocycles. The highest BCUT2D eigenvalue weighted by molar-refractivity contribution is 6.34. The molecule has 0 aromatic carbocycles. The maximum absolute atomic E-state index is 12.1. The molecule has 7 heteroatoms. The highest BCUT2D eigenvalue weighted by Crippen LogP contribution is 2.21. The molecule has 96 valence electrons. The second-order valence-corrected chi connectivity index (χ2v) is 4.53. The van der Waals surface area contributed by atoms with Gasteiger partial charge in [0.2, 0.25) is 0 Å². The van der Waals surface area contributed by atoms with Crippen LogP contribution in [0.15, 0.2) is 6.20 Å². The quantitative estimate of drug-likeness (QED) is 0.900. The molecule has 0 fully saturated rings. The highest BCUT2D eigenvalue weighted by atomic mass is 35.5. The Balaban J connectivity index is 2.29. The molecule has 1 N–H and O–H groups in total. The van der Waals surface area contributed by atoms with Crippen LogP contribution in [0.25, 0.3) is 0 Å². The number of amides is 1. The molecule has 0 saturated carbocycles. The number of hydrogen-bond acceptors (Lipinski definition) is 3. The summed E-state index contributed by atoms with van der Waals surface area (Å²) in [4.78, 5) is 12.1. The van der Waals surface area contributed by atoms with Gasteiger partial charge >= 0.3 is 0 Å². The number of nitrogens with one attached hydrogen (secondary N) is 1. The van der Waals surface area contributed by atoms with E-state index in [1.165, 1.54) is 4.68 Å². The van der Waals surface area contributed by atoms with Crippen LogP contribution in [0.4, 0.5) is 5.69 Å². The molecule has 0 radical (unpaired) electrons. The molecular formula is C11H14ClN5O. The molecule has 0 bridgehead atoms. The average Bonchev–Trinajstić information content (AvgIpc) is 2.73. The standard InChI is InChI=1S/C11H14ClN5O/c1-6-9(7(2)17(4)14-6)13-11(18)10-8(12)5-16(3)15-10/h5H,1-4H3,(H,13,18). The summed E-state index contributed by atoms with van der Waals surface area (Å²) < 4.78 is 3.21. The predicted molar refractivity (Wildman–Crippen MR) is 68.9 cm³/mol. The fraction of sp³-hybridized carbons (Fsp3) is 0.364. The lowest BCUT2D eigenvalue weighted by molar-refractivity contribution is 0.102. The molecule has 18 heavy (non-hydrogen) atoms. The number of halogens is 1. The van der Waals surface area contributed by atoms with Crippen LogP contribution in [0.2, 0.25) is 5.02 Å². The zero-order valence-electron chi connectivity index (χ0n) is 10.7. The van der Waals surface area contributed by atoms with Crippen LogP contribution in [0.1, 0.15) is 21.9 Å². The molecule has 0 unspecified atom stereocenters. The lowest BCUT2D eigenvalue weighted by atomic mass is 10.3. The van der Waals surface area contributed by atoms with Gasteiger partial charge in [0.05, 0.1) is 22.1 Å². The number of anilines is 1. The summed E-state index contributed by atoms with van der Waals surface area (Å²) in [5.41, 5.74) is 2.55. The van der Waals surface area contributed by atoms with Gasteiger partial charge in [-0.3, -0.25) is 14.2 Å². The van der Waals surface area contributed by atoms with Gasteiger partial charge in [-0.05, 0) is 13.8 Å². The van der Waals surface area contributed by atoms with Crippen molar-refractivity contribution in [2.24, 2.45) is 14.1 Å². The molecule has 2 heterocycles. The van der Waals surface area contributed by atoms with Crippen molar-refractivity contribution < 1.29 is 4.79 Å². The Morgan fingerprint density at radius 3 is 2.44 bits per heavy atom. The SMILES string of the molecule is Cc1nn(C)c(C)c1NC(=O)c1nn(C)cc1Cl. The third-order valence-corrected chi connectivity index (χ3v) is 3.02. The van der Waals surface area contributed by atoms with E-state index in [9.17, 15) is 4.79 Å². The smallest absolute Gasteiger partial charge is 0.277 e. The van der Waals surface area contributed by atoms with E-state index in [1.807, 2.05) is 20.9 Å². The Morgan fingerprint density at radius 1 is 1.33 bits per heavy atom. The lowest BCUT2D eigenvalue weighted by Crippen LogP contribution is -2.14. The molecule has 0 saturated heterocycles. The highest BCUT2D eigenvalue weighted by Gasteiger charge is 2.18. The number of hydrogen-bond donors (Lipinski definition) is 1.